The number of rotatable bonds is 0. The smallest absolute Gasteiger partial charge is 0.0591 e. The van der Waals surface area contributed by atoms with E-state index in [-0.39, 0.29) is 0 Å². The molecular formula is C20H13NS. The number of hydrogen-bond acceptors (Lipinski definition) is 2. The summed E-state index contributed by atoms with van der Waals surface area (Å²) in [6.07, 6.45) is 0. The van der Waals surface area contributed by atoms with Crippen LogP contribution in [0.4, 0.5) is 5.69 Å². The average Bonchev–Trinajstić information content (AvgIpc) is 2.96. The molecule has 1 nitrogen and oxygen atoms in total. The third-order valence-electron chi connectivity index (χ3n) is 4.38. The normalized spacial score (nSPS) is 11.8. The number of thiophene rings is 1. The lowest BCUT2D eigenvalue weighted by molar-refractivity contribution is 1.80. The van der Waals surface area contributed by atoms with Crippen LogP contribution in [-0.4, -0.2) is 0 Å². The van der Waals surface area contributed by atoms with Gasteiger partial charge in [0.2, 0.25) is 0 Å². The van der Waals surface area contributed by atoms with E-state index in [0.717, 1.165) is 5.69 Å². The minimum atomic E-state index is 0.874. The maximum atomic E-state index is 6.34. The molecular weight excluding hydrogens is 286 g/mol. The molecule has 4 aromatic carbocycles. The number of nitrogen functional groups attached to an aromatic ring is 1. The number of benzene rings is 4. The van der Waals surface area contributed by atoms with E-state index in [4.69, 9.17) is 5.73 Å². The van der Waals surface area contributed by atoms with Crippen molar-refractivity contribution in [2.75, 3.05) is 5.73 Å². The Hall–Kier alpha value is -2.58. The monoisotopic (exact) mass is 299 g/mol. The van der Waals surface area contributed by atoms with Crippen molar-refractivity contribution in [3.63, 3.8) is 0 Å². The molecule has 0 amide bonds. The van der Waals surface area contributed by atoms with Gasteiger partial charge >= 0.3 is 0 Å². The second kappa shape index (κ2) is 4.21. The Morgan fingerprint density at radius 3 is 2.23 bits per heavy atom. The summed E-state index contributed by atoms with van der Waals surface area (Å²) in [4.78, 5) is 0. The lowest BCUT2D eigenvalue weighted by Gasteiger charge is -2.03. The van der Waals surface area contributed by atoms with Crippen molar-refractivity contribution >= 4 is 58.7 Å². The highest BCUT2D eigenvalue weighted by Crippen LogP contribution is 2.44. The van der Waals surface area contributed by atoms with Crippen LogP contribution in [0, 0.1) is 0 Å². The van der Waals surface area contributed by atoms with Gasteiger partial charge in [0.1, 0.15) is 0 Å². The molecule has 0 saturated carbocycles. The third kappa shape index (κ3) is 1.48. The van der Waals surface area contributed by atoms with Crippen LogP contribution in [0.5, 0.6) is 0 Å². The van der Waals surface area contributed by atoms with E-state index in [1.54, 1.807) is 0 Å². The summed E-state index contributed by atoms with van der Waals surface area (Å²) in [5, 5.41) is 7.69. The molecule has 1 heterocycles. The van der Waals surface area contributed by atoms with Gasteiger partial charge in [0.05, 0.1) is 10.4 Å². The lowest BCUT2D eigenvalue weighted by atomic mass is 10.0. The van der Waals surface area contributed by atoms with Crippen molar-refractivity contribution in [3.05, 3.63) is 66.7 Å². The van der Waals surface area contributed by atoms with Gasteiger partial charge < -0.3 is 5.73 Å². The summed E-state index contributed by atoms with van der Waals surface area (Å²) in [5.74, 6) is 0. The van der Waals surface area contributed by atoms with Gasteiger partial charge in [-0.2, -0.15) is 0 Å². The zero-order chi connectivity index (χ0) is 14.7. The Kier molecular flexibility index (Phi) is 2.30. The Morgan fingerprint density at radius 1 is 0.636 bits per heavy atom. The summed E-state index contributed by atoms with van der Waals surface area (Å²) < 4.78 is 2.53. The van der Waals surface area contributed by atoms with Crippen LogP contribution in [0.15, 0.2) is 66.7 Å². The minimum Gasteiger partial charge on any atom is -0.398 e. The zero-order valence-electron chi connectivity index (χ0n) is 11.8. The van der Waals surface area contributed by atoms with Crippen molar-refractivity contribution < 1.29 is 0 Å². The maximum absolute atomic E-state index is 6.34. The van der Waals surface area contributed by atoms with Crippen LogP contribution < -0.4 is 5.73 Å². The average molecular weight is 299 g/mol. The van der Waals surface area contributed by atoms with Crippen LogP contribution in [0.3, 0.4) is 0 Å². The van der Waals surface area contributed by atoms with Crippen molar-refractivity contribution in [2.24, 2.45) is 0 Å². The highest BCUT2D eigenvalue weighted by molar-refractivity contribution is 7.27. The molecule has 0 saturated heterocycles. The van der Waals surface area contributed by atoms with E-state index in [1.165, 1.54) is 41.7 Å². The van der Waals surface area contributed by atoms with Gasteiger partial charge in [-0.3, -0.25) is 0 Å². The maximum Gasteiger partial charge on any atom is 0.0591 e. The van der Waals surface area contributed by atoms with Gasteiger partial charge in [0.15, 0.2) is 0 Å². The first kappa shape index (κ1) is 12.0. The van der Waals surface area contributed by atoms with E-state index in [2.05, 4.69) is 66.7 Å². The Labute approximate surface area is 131 Å². The molecule has 0 atom stereocenters. The molecule has 104 valence electrons. The Bertz CT molecular complexity index is 1180. The van der Waals surface area contributed by atoms with Gasteiger partial charge in [0.25, 0.3) is 0 Å². The molecule has 0 aliphatic carbocycles. The number of nitrogens with two attached hydrogens (primary N) is 1. The van der Waals surface area contributed by atoms with Crippen molar-refractivity contribution in [1.29, 1.82) is 0 Å². The first-order valence-electron chi connectivity index (χ1n) is 7.34. The molecule has 22 heavy (non-hydrogen) atoms. The third-order valence-corrected chi connectivity index (χ3v) is 5.67. The fourth-order valence-electron chi connectivity index (χ4n) is 3.38. The molecule has 5 aromatic rings. The number of fused-ring (bicyclic) bond motifs is 7. The second-order valence-corrected chi connectivity index (χ2v) is 6.68. The summed E-state index contributed by atoms with van der Waals surface area (Å²) in [6, 6.07) is 23.6. The first-order valence-corrected chi connectivity index (χ1v) is 8.16. The summed E-state index contributed by atoms with van der Waals surface area (Å²) in [7, 11) is 0. The predicted molar refractivity (Wildman–Crippen MR) is 98.8 cm³/mol. The molecule has 0 radical (unpaired) electrons. The van der Waals surface area contributed by atoms with Crippen LogP contribution in [0.2, 0.25) is 0 Å². The molecule has 0 spiro atoms. The fourth-order valence-corrected chi connectivity index (χ4v) is 4.66. The molecule has 0 aliphatic heterocycles. The van der Waals surface area contributed by atoms with E-state index in [0.29, 0.717) is 0 Å². The van der Waals surface area contributed by atoms with E-state index in [9.17, 15) is 0 Å². The van der Waals surface area contributed by atoms with E-state index >= 15 is 0 Å². The van der Waals surface area contributed by atoms with Crippen molar-refractivity contribution in [3.8, 4) is 0 Å². The van der Waals surface area contributed by atoms with Crippen molar-refractivity contribution in [2.45, 2.75) is 0 Å². The molecule has 2 heteroatoms. The standard InChI is InChI=1S/C20H13NS/c21-17-11-13-6-2-3-7-14(13)18-16-10-9-12-5-1-4-8-15(12)19(16)22-20(17)18/h1-11H,21H2. The van der Waals surface area contributed by atoms with Gasteiger partial charge in [-0.1, -0.05) is 60.7 Å². The Morgan fingerprint density at radius 2 is 1.36 bits per heavy atom. The number of anilines is 1. The van der Waals surface area contributed by atoms with E-state index < -0.39 is 0 Å². The van der Waals surface area contributed by atoms with E-state index in [1.807, 2.05) is 11.3 Å². The molecule has 5 rings (SSSR count). The van der Waals surface area contributed by atoms with Crippen LogP contribution >= 0.6 is 11.3 Å². The highest BCUT2D eigenvalue weighted by Gasteiger charge is 2.13. The molecule has 1 aromatic heterocycles. The molecule has 0 fully saturated rings. The van der Waals surface area contributed by atoms with Crippen LogP contribution in [0.1, 0.15) is 0 Å². The number of hydrogen-bond donors (Lipinski definition) is 1. The molecule has 2 N–H and O–H groups in total. The largest absolute Gasteiger partial charge is 0.398 e. The molecule has 0 aliphatic rings. The van der Waals surface area contributed by atoms with Crippen LogP contribution in [0.25, 0.3) is 41.7 Å². The quantitative estimate of drug-likeness (QED) is 0.352. The topological polar surface area (TPSA) is 26.0 Å². The summed E-state index contributed by atoms with van der Waals surface area (Å²) in [5.41, 5.74) is 7.21. The second-order valence-electron chi connectivity index (χ2n) is 5.66. The van der Waals surface area contributed by atoms with Gasteiger partial charge in [-0.15, -0.1) is 11.3 Å². The summed E-state index contributed by atoms with van der Waals surface area (Å²) in [6.45, 7) is 0. The SMILES string of the molecule is Nc1cc2ccccc2c2c1sc1c3ccccc3ccc12. The molecule has 0 unspecified atom stereocenters. The van der Waals surface area contributed by atoms with Crippen LogP contribution in [-0.2, 0) is 0 Å². The van der Waals surface area contributed by atoms with Crippen molar-refractivity contribution in [1.82, 2.24) is 0 Å². The Balaban J connectivity index is 2.14. The molecule has 0 bridgehead atoms. The predicted octanol–water partition coefficient (Wildman–Crippen LogP) is 5.94. The first-order chi connectivity index (χ1) is 10.8. The van der Waals surface area contributed by atoms with Gasteiger partial charge in [-0.05, 0) is 27.6 Å². The summed E-state index contributed by atoms with van der Waals surface area (Å²) >= 11 is 1.81. The fraction of sp³-hybridized carbons (Fsp3) is 0. The highest BCUT2D eigenvalue weighted by atomic mass is 32.1. The minimum absolute atomic E-state index is 0.874. The zero-order valence-corrected chi connectivity index (χ0v) is 12.7. The van der Waals surface area contributed by atoms with Gasteiger partial charge in [0, 0.05) is 15.5 Å². The lowest BCUT2D eigenvalue weighted by Crippen LogP contribution is -1.85. The van der Waals surface area contributed by atoms with Gasteiger partial charge in [-0.25, -0.2) is 0 Å².